The third kappa shape index (κ3) is 10.2. The molecule has 4 nitrogen and oxygen atoms in total. The molecule has 0 saturated carbocycles. The Bertz CT molecular complexity index is 216. The zero-order valence-electron chi connectivity index (χ0n) is 11.8. The van der Waals surface area contributed by atoms with Crippen molar-refractivity contribution in [3.8, 4) is 0 Å². The van der Waals surface area contributed by atoms with E-state index in [9.17, 15) is 4.79 Å². The summed E-state index contributed by atoms with van der Waals surface area (Å²) >= 11 is 0. The van der Waals surface area contributed by atoms with E-state index in [4.69, 9.17) is 8.85 Å². The van der Waals surface area contributed by atoms with Crippen LogP contribution in [-0.4, -0.2) is 28.7 Å². The number of nitrogens with two attached hydrogens (primary N) is 1. The van der Waals surface area contributed by atoms with Gasteiger partial charge >= 0.3 is 8.56 Å². The first kappa shape index (κ1) is 18.7. The van der Waals surface area contributed by atoms with Crippen LogP contribution in [0.4, 0.5) is 0 Å². The summed E-state index contributed by atoms with van der Waals surface area (Å²) in [7, 11) is 1.76. The fraction of sp³-hybridized carbons (Fsp3) is 0.750. The number of carbonyl (C=O) groups excluding carboxylic acids is 1. The quantitative estimate of drug-likeness (QED) is 0.565. The van der Waals surface area contributed by atoms with Crippen molar-refractivity contribution in [3.63, 3.8) is 0 Å². The maximum Gasteiger partial charge on any atom is 0.337 e. The Morgan fingerprint density at radius 1 is 1.41 bits per heavy atom. The minimum absolute atomic E-state index is 0.481. The summed E-state index contributed by atoms with van der Waals surface area (Å²) in [5.74, 6) is 0.188. The molecule has 0 bridgehead atoms. The van der Waals surface area contributed by atoms with E-state index in [-0.39, 0.29) is 0 Å². The molecule has 0 rings (SSSR count). The standard InChI is InChI=1S/C9H22O2Si.C3H5NO/c1-6-7-12(10-4,11-5)8-9(2)3;1-2-3(4)5/h9H,6-8H2,1-5H3;2H,1H2,(H2,4,5). The lowest BCUT2D eigenvalue weighted by molar-refractivity contribution is -0.113. The number of hydrogen-bond acceptors (Lipinski definition) is 3. The molecule has 0 aliphatic heterocycles. The van der Waals surface area contributed by atoms with E-state index in [1.807, 2.05) is 0 Å². The molecule has 0 heterocycles. The first-order valence-corrected chi connectivity index (χ1v) is 8.12. The van der Waals surface area contributed by atoms with Gasteiger partial charge in [0.05, 0.1) is 0 Å². The van der Waals surface area contributed by atoms with Crippen LogP contribution in [0, 0.1) is 5.92 Å². The van der Waals surface area contributed by atoms with Gasteiger partial charge in [0.25, 0.3) is 0 Å². The molecule has 17 heavy (non-hydrogen) atoms. The van der Waals surface area contributed by atoms with Gasteiger partial charge < -0.3 is 14.6 Å². The molecule has 0 aliphatic rings. The third-order valence-corrected chi connectivity index (χ3v) is 6.48. The largest absolute Gasteiger partial charge is 0.398 e. The fourth-order valence-electron chi connectivity index (χ4n) is 1.56. The SMILES string of the molecule is C=CC(N)=O.CCC[Si](CC(C)C)(OC)OC. The summed E-state index contributed by atoms with van der Waals surface area (Å²) in [5.41, 5.74) is 4.53. The molecule has 0 aromatic carbocycles. The molecule has 0 saturated heterocycles. The minimum Gasteiger partial charge on any atom is -0.398 e. The van der Waals surface area contributed by atoms with Crippen molar-refractivity contribution in [3.05, 3.63) is 12.7 Å². The van der Waals surface area contributed by atoms with Crippen LogP contribution < -0.4 is 5.73 Å². The van der Waals surface area contributed by atoms with Crippen LogP contribution in [0.25, 0.3) is 0 Å². The van der Waals surface area contributed by atoms with Crippen LogP contribution in [-0.2, 0) is 13.6 Å². The van der Waals surface area contributed by atoms with Crippen LogP contribution in [0.2, 0.25) is 12.1 Å². The zero-order chi connectivity index (χ0) is 13.9. The van der Waals surface area contributed by atoms with Crippen molar-refractivity contribution in [1.82, 2.24) is 0 Å². The van der Waals surface area contributed by atoms with Crippen molar-refractivity contribution in [2.45, 2.75) is 39.3 Å². The summed E-state index contributed by atoms with van der Waals surface area (Å²) in [6.45, 7) is 9.70. The highest BCUT2D eigenvalue weighted by atomic mass is 28.4. The molecule has 0 aromatic heterocycles. The van der Waals surface area contributed by atoms with E-state index in [0.29, 0.717) is 5.92 Å². The molecule has 0 unspecified atom stereocenters. The van der Waals surface area contributed by atoms with Crippen LogP contribution in [0.1, 0.15) is 27.2 Å². The molecule has 0 atom stereocenters. The summed E-state index contributed by atoms with van der Waals surface area (Å²) in [5, 5.41) is 0. The van der Waals surface area contributed by atoms with Crippen molar-refractivity contribution >= 4 is 14.5 Å². The molecule has 0 radical (unpaired) electrons. The van der Waals surface area contributed by atoms with E-state index >= 15 is 0 Å². The van der Waals surface area contributed by atoms with Gasteiger partial charge in [-0.2, -0.15) is 0 Å². The van der Waals surface area contributed by atoms with Crippen LogP contribution in [0.5, 0.6) is 0 Å². The second-order valence-corrected chi connectivity index (χ2v) is 7.82. The van der Waals surface area contributed by atoms with Crippen LogP contribution >= 0.6 is 0 Å². The lowest BCUT2D eigenvalue weighted by Crippen LogP contribution is -2.40. The average Bonchev–Trinajstić information content (AvgIpc) is 2.28. The molecule has 1 amide bonds. The monoisotopic (exact) mass is 261 g/mol. The van der Waals surface area contributed by atoms with Crippen LogP contribution in [0.3, 0.4) is 0 Å². The van der Waals surface area contributed by atoms with Crippen molar-refractivity contribution in [2.24, 2.45) is 11.7 Å². The number of amides is 1. The highest BCUT2D eigenvalue weighted by molar-refractivity contribution is 6.67. The minimum atomic E-state index is -1.81. The molecular weight excluding hydrogens is 234 g/mol. The molecular formula is C12H27NO3Si. The van der Waals surface area contributed by atoms with Crippen LogP contribution in [0.15, 0.2) is 12.7 Å². The highest BCUT2D eigenvalue weighted by Gasteiger charge is 2.34. The number of rotatable bonds is 7. The van der Waals surface area contributed by atoms with Gasteiger partial charge in [-0.1, -0.05) is 33.8 Å². The van der Waals surface area contributed by atoms with Gasteiger partial charge in [-0.25, -0.2) is 0 Å². The van der Waals surface area contributed by atoms with Gasteiger partial charge in [-0.15, -0.1) is 0 Å². The van der Waals surface area contributed by atoms with E-state index in [0.717, 1.165) is 24.6 Å². The Balaban J connectivity index is 0. The molecule has 2 N–H and O–H groups in total. The first-order chi connectivity index (χ1) is 7.87. The van der Waals surface area contributed by atoms with Gasteiger partial charge in [-0.05, 0) is 24.1 Å². The summed E-state index contributed by atoms with van der Waals surface area (Å²) < 4.78 is 11.1. The van der Waals surface area contributed by atoms with Crippen molar-refractivity contribution in [1.29, 1.82) is 0 Å². The average molecular weight is 261 g/mol. The Kier molecular flexibility index (Phi) is 11.6. The van der Waals surface area contributed by atoms with Gasteiger partial charge in [0, 0.05) is 14.2 Å². The van der Waals surface area contributed by atoms with Gasteiger partial charge in [0.1, 0.15) is 0 Å². The summed E-state index contributed by atoms with van der Waals surface area (Å²) in [6, 6.07) is 2.21. The lowest BCUT2D eigenvalue weighted by atomic mass is 10.3. The number of primary amides is 1. The third-order valence-electron chi connectivity index (χ3n) is 2.30. The normalized spacial score (nSPS) is 10.7. The molecule has 102 valence electrons. The van der Waals surface area contributed by atoms with Crippen molar-refractivity contribution < 1.29 is 13.6 Å². The second kappa shape index (κ2) is 10.5. The van der Waals surface area contributed by atoms with Gasteiger partial charge in [-0.3, -0.25) is 4.79 Å². The van der Waals surface area contributed by atoms with E-state index in [2.05, 4.69) is 33.1 Å². The van der Waals surface area contributed by atoms with Crippen molar-refractivity contribution in [2.75, 3.05) is 14.2 Å². The summed E-state index contributed by atoms with van der Waals surface area (Å²) in [4.78, 5) is 9.47. The summed E-state index contributed by atoms with van der Waals surface area (Å²) in [6.07, 6.45) is 2.21. The smallest absolute Gasteiger partial charge is 0.337 e. The number of hydrogen-bond donors (Lipinski definition) is 1. The fourth-order valence-corrected chi connectivity index (χ4v) is 4.68. The Labute approximate surface area is 106 Å². The lowest BCUT2D eigenvalue weighted by Gasteiger charge is -2.28. The van der Waals surface area contributed by atoms with E-state index < -0.39 is 14.5 Å². The molecule has 0 spiro atoms. The zero-order valence-corrected chi connectivity index (χ0v) is 12.8. The highest BCUT2D eigenvalue weighted by Crippen LogP contribution is 2.23. The van der Waals surface area contributed by atoms with E-state index in [1.165, 1.54) is 0 Å². The Morgan fingerprint density at radius 2 is 1.82 bits per heavy atom. The first-order valence-electron chi connectivity index (χ1n) is 5.89. The molecule has 0 fully saturated rings. The molecule has 0 aromatic rings. The van der Waals surface area contributed by atoms with Gasteiger partial charge in [0.15, 0.2) is 0 Å². The maximum absolute atomic E-state index is 9.47. The Morgan fingerprint density at radius 3 is 2.00 bits per heavy atom. The van der Waals surface area contributed by atoms with Gasteiger partial charge in [0.2, 0.25) is 5.91 Å². The number of carbonyl (C=O) groups is 1. The predicted molar refractivity (Wildman–Crippen MR) is 73.9 cm³/mol. The molecule has 0 aliphatic carbocycles. The maximum atomic E-state index is 9.47. The Hall–Kier alpha value is -0.653. The topological polar surface area (TPSA) is 61.6 Å². The second-order valence-electron chi connectivity index (χ2n) is 4.27. The van der Waals surface area contributed by atoms with E-state index in [1.54, 1.807) is 14.2 Å². The predicted octanol–water partition coefficient (Wildman–Crippen LogP) is 2.45. The molecule has 5 heteroatoms.